The predicted molar refractivity (Wildman–Crippen MR) is 65.5 cm³/mol. The molecule has 1 aromatic heterocycles. The summed E-state index contributed by atoms with van der Waals surface area (Å²) >= 11 is 0. The topological polar surface area (TPSA) is 37.8 Å². The SMILES string of the molecule is CC(C)c1ncc(CC2CCCCN2)cn1. The second kappa shape index (κ2) is 5.39. The lowest BCUT2D eigenvalue weighted by Crippen LogP contribution is -2.35. The summed E-state index contributed by atoms with van der Waals surface area (Å²) in [4.78, 5) is 8.81. The van der Waals surface area contributed by atoms with Crippen molar-refractivity contribution in [3.05, 3.63) is 23.8 Å². The zero-order chi connectivity index (χ0) is 11.4. The number of piperidine rings is 1. The normalized spacial score (nSPS) is 21.3. The fourth-order valence-corrected chi connectivity index (χ4v) is 2.15. The van der Waals surface area contributed by atoms with Gasteiger partial charge in [0.15, 0.2) is 0 Å². The van der Waals surface area contributed by atoms with Crippen LogP contribution < -0.4 is 5.32 Å². The zero-order valence-corrected chi connectivity index (χ0v) is 10.2. The van der Waals surface area contributed by atoms with Gasteiger partial charge >= 0.3 is 0 Å². The van der Waals surface area contributed by atoms with E-state index < -0.39 is 0 Å². The number of nitrogens with one attached hydrogen (secondary N) is 1. The van der Waals surface area contributed by atoms with Gasteiger partial charge in [0, 0.05) is 24.4 Å². The molecule has 1 aliphatic rings. The van der Waals surface area contributed by atoms with Gasteiger partial charge in [-0.1, -0.05) is 20.3 Å². The van der Waals surface area contributed by atoms with Crippen molar-refractivity contribution in [3.63, 3.8) is 0 Å². The first-order chi connectivity index (χ1) is 7.75. The number of aromatic nitrogens is 2. The van der Waals surface area contributed by atoms with Crippen LogP contribution in [0.4, 0.5) is 0 Å². The molecule has 88 valence electrons. The van der Waals surface area contributed by atoms with Crippen LogP contribution in [0.5, 0.6) is 0 Å². The van der Waals surface area contributed by atoms with Crippen LogP contribution in [0.3, 0.4) is 0 Å². The second-order valence-corrected chi connectivity index (χ2v) is 4.96. The lowest BCUT2D eigenvalue weighted by Gasteiger charge is -2.23. The molecule has 1 N–H and O–H groups in total. The molecule has 1 aliphatic heterocycles. The van der Waals surface area contributed by atoms with Gasteiger partial charge in [-0.2, -0.15) is 0 Å². The first-order valence-corrected chi connectivity index (χ1v) is 6.30. The minimum absolute atomic E-state index is 0.418. The van der Waals surface area contributed by atoms with E-state index in [1.54, 1.807) is 0 Å². The summed E-state index contributed by atoms with van der Waals surface area (Å²) in [6, 6.07) is 0.627. The van der Waals surface area contributed by atoms with Crippen molar-refractivity contribution >= 4 is 0 Å². The Bertz CT molecular complexity index is 312. The third-order valence-electron chi connectivity index (χ3n) is 3.14. The molecule has 1 atom stereocenters. The summed E-state index contributed by atoms with van der Waals surface area (Å²) in [7, 11) is 0. The molecule has 0 radical (unpaired) electrons. The molecule has 3 heteroatoms. The molecule has 0 bridgehead atoms. The Kier molecular flexibility index (Phi) is 3.88. The minimum atomic E-state index is 0.418. The van der Waals surface area contributed by atoms with Crippen LogP contribution in [0.15, 0.2) is 12.4 Å². The first-order valence-electron chi connectivity index (χ1n) is 6.30. The van der Waals surface area contributed by atoms with Gasteiger partial charge in [-0.3, -0.25) is 0 Å². The molecule has 0 spiro atoms. The molecule has 16 heavy (non-hydrogen) atoms. The summed E-state index contributed by atoms with van der Waals surface area (Å²) in [5.41, 5.74) is 1.25. The van der Waals surface area contributed by atoms with E-state index >= 15 is 0 Å². The molecule has 1 aromatic rings. The minimum Gasteiger partial charge on any atom is -0.314 e. The smallest absolute Gasteiger partial charge is 0.130 e. The van der Waals surface area contributed by atoms with Crippen molar-refractivity contribution in [1.82, 2.24) is 15.3 Å². The van der Waals surface area contributed by atoms with E-state index in [-0.39, 0.29) is 0 Å². The molecule has 2 heterocycles. The molecular weight excluding hydrogens is 198 g/mol. The van der Waals surface area contributed by atoms with Crippen molar-refractivity contribution in [2.24, 2.45) is 0 Å². The third kappa shape index (κ3) is 3.01. The highest BCUT2D eigenvalue weighted by atomic mass is 14.9. The Morgan fingerprint density at radius 1 is 1.31 bits per heavy atom. The fraction of sp³-hybridized carbons (Fsp3) is 0.692. The lowest BCUT2D eigenvalue weighted by atomic mass is 9.99. The van der Waals surface area contributed by atoms with Gasteiger partial charge in [0.25, 0.3) is 0 Å². The van der Waals surface area contributed by atoms with Gasteiger partial charge in [-0.25, -0.2) is 9.97 Å². The quantitative estimate of drug-likeness (QED) is 0.847. The molecule has 1 unspecified atom stereocenters. The Morgan fingerprint density at radius 2 is 2.06 bits per heavy atom. The van der Waals surface area contributed by atoms with E-state index in [1.807, 2.05) is 12.4 Å². The highest BCUT2D eigenvalue weighted by Crippen LogP contribution is 2.13. The molecular formula is C13H21N3. The molecule has 0 aliphatic carbocycles. The molecule has 0 saturated carbocycles. The maximum Gasteiger partial charge on any atom is 0.130 e. The van der Waals surface area contributed by atoms with Crippen LogP contribution in [-0.4, -0.2) is 22.6 Å². The largest absolute Gasteiger partial charge is 0.314 e. The van der Waals surface area contributed by atoms with Gasteiger partial charge in [0.2, 0.25) is 0 Å². The van der Waals surface area contributed by atoms with Crippen molar-refractivity contribution in [3.8, 4) is 0 Å². The Morgan fingerprint density at radius 3 is 2.62 bits per heavy atom. The number of rotatable bonds is 3. The molecule has 1 fully saturated rings. The summed E-state index contributed by atoms with van der Waals surface area (Å²) < 4.78 is 0. The standard InChI is InChI=1S/C13H21N3/c1-10(2)13-15-8-11(9-16-13)7-12-5-3-4-6-14-12/h8-10,12,14H,3-7H2,1-2H3. The lowest BCUT2D eigenvalue weighted by molar-refractivity contribution is 0.398. The van der Waals surface area contributed by atoms with Crippen LogP contribution in [0.1, 0.15) is 50.4 Å². The Hall–Kier alpha value is -0.960. The Balaban J connectivity index is 1.93. The average molecular weight is 219 g/mol. The molecule has 0 amide bonds. The number of hydrogen-bond donors (Lipinski definition) is 1. The third-order valence-corrected chi connectivity index (χ3v) is 3.14. The summed E-state index contributed by atoms with van der Waals surface area (Å²) in [6.45, 7) is 5.41. The van der Waals surface area contributed by atoms with Crippen molar-refractivity contribution < 1.29 is 0 Å². The summed E-state index contributed by atoms with van der Waals surface area (Å²) in [6.07, 6.45) is 8.99. The van der Waals surface area contributed by atoms with Gasteiger partial charge in [0.05, 0.1) is 0 Å². The predicted octanol–water partition coefficient (Wildman–Crippen LogP) is 2.28. The first kappa shape index (κ1) is 11.5. The highest BCUT2D eigenvalue weighted by Gasteiger charge is 2.13. The zero-order valence-electron chi connectivity index (χ0n) is 10.2. The average Bonchev–Trinajstić information content (AvgIpc) is 2.31. The Labute approximate surface area is 97.7 Å². The molecule has 2 rings (SSSR count). The van der Waals surface area contributed by atoms with Crippen LogP contribution >= 0.6 is 0 Å². The van der Waals surface area contributed by atoms with E-state index in [4.69, 9.17) is 0 Å². The summed E-state index contributed by atoms with van der Waals surface area (Å²) in [5.74, 6) is 1.36. The van der Waals surface area contributed by atoms with Gasteiger partial charge in [0.1, 0.15) is 5.82 Å². The number of hydrogen-bond acceptors (Lipinski definition) is 3. The van der Waals surface area contributed by atoms with Crippen molar-refractivity contribution in [1.29, 1.82) is 0 Å². The van der Waals surface area contributed by atoms with E-state index in [2.05, 4.69) is 29.1 Å². The van der Waals surface area contributed by atoms with Crippen LogP contribution in [-0.2, 0) is 6.42 Å². The molecule has 3 nitrogen and oxygen atoms in total. The van der Waals surface area contributed by atoms with Gasteiger partial charge in [-0.05, 0) is 31.4 Å². The van der Waals surface area contributed by atoms with Crippen LogP contribution in [0, 0.1) is 0 Å². The maximum atomic E-state index is 4.40. The molecule has 1 saturated heterocycles. The van der Waals surface area contributed by atoms with E-state index in [9.17, 15) is 0 Å². The maximum absolute atomic E-state index is 4.40. The monoisotopic (exact) mass is 219 g/mol. The van der Waals surface area contributed by atoms with E-state index in [0.29, 0.717) is 12.0 Å². The number of nitrogens with zero attached hydrogens (tertiary/aromatic N) is 2. The summed E-state index contributed by atoms with van der Waals surface area (Å²) in [5, 5.41) is 3.55. The van der Waals surface area contributed by atoms with Crippen LogP contribution in [0.2, 0.25) is 0 Å². The highest BCUT2D eigenvalue weighted by molar-refractivity contribution is 5.08. The van der Waals surface area contributed by atoms with E-state index in [0.717, 1.165) is 18.8 Å². The second-order valence-electron chi connectivity index (χ2n) is 4.96. The fourth-order valence-electron chi connectivity index (χ4n) is 2.15. The molecule has 0 aromatic carbocycles. The van der Waals surface area contributed by atoms with Crippen LogP contribution in [0.25, 0.3) is 0 Å². The van der Waals surface area contributed by atoms with Gasteiger partial charge < -0.3 is 5.32 Å². The van der Waals surface area contributed by atoms with E-state index in [1.165, 1.54) is 24.8 Å². The van der Waals surface area contributed by atoms with Gasteiger partial charge in [-0.15, -0.1) is 0 Å². The van der Waals surface area contributed by atoms with Crippen molar-refractivity contribution in [2.45, 2.75) is 51.5 Å². The van der Waals surface area contributed by atoms with Crippen molar-refractivity contribution in [2.75, 3.05) is 6.54 Å².